The zero-order valence-electron chi connectivity index (χ0n) is 9.55. The van der Waals surface area contributed by atoms with Crippen LogP contribution in [0, 0.1) is 0 Å². The lowest BCUT2D eigenvalue weighted by atomic mass is 10.1. The predicted octanol–water partition coefficient (Wildman–Crippen LogP) is 1.30. The van der Waals surface area contributed by atoms with Gasteiger partial charge in [0.05, 0.1) is 6.20 Å². The van der Waals surface area contributed by atoms with E-state index in [0.717, 1.165) is 11.8 Å². The Morgan fingerprint density at radius 1 is 1.35 bits per heavy atom. The summed E-state index contributed by atoms with van der Waals surface area (Å²) in [6.07, 6.45) is 2.66. The first kappa shape index (κ1) is 12.3. The van der Waals surface area contributed by atoms with Gasteiger partial charge >= 0.3 is 0 Å². The number of aromatic nitrogens is 4. The smallest absolute Gasteiger partial charge is 0.221 e. The molecule has 2 aromatic rings. The second-order valence-electron chi connectivity index (χ2n) is 4.04. The Labute approximate surface area is 104 Å². The predicted molar refractivity (Wildman–Crippen MR) is 63.0 cm³/mol. The molecule has 6 nitrogen and oxygen atoms in total. The maximum atomic E-state index is 11.4. The monoisotopic (exact) mass is 274 g/mol. The van der Waals surface area contributed by atoms with Gasteiger partial charge in [-0.05, 0) is 17.5 Å². The largest absolute Gasteiger partial charge is 0.251 e. The molecule has 0 amide bonds. The maximum Gasteiger partial charge on any atom is 0.251 e. The van der Waals surface area contributed by atoms with Crippen LogP contribution < -0.4 is 0 Å². The van der Waals surface area contributed by atoms with Crippen LogP contribution in [0.3, 0.4) is 0 Å². The van der Waals surface area contributed by atoms with E-state index < -0.39 is 9.84 Å². The zero-order chi connectivity index (χ0) is 12.8. The van der Waals surface area contributed by atoms with Crippen molar-refractivity contribution < 1.29 is 8.42 Å². The number of rotatable bonds is 2. The molecule has 0 atom stereocenters. The van der Waals surface area contributed by atoms with Gasteiger partial charge in [0.1, 0.15) is 0 Å². The summed E-state index contributed by atoms with van der Waals surface area (Å²) in [6, 6.07) is 0. The highest BCUT2D eigenvalue weighted by Gasteiger charge is 2.18. The number of nitrogens with zero attached hydrogens (tertiary/aromatic N) is 4. The number of fused-ring (bicyclic) bond motifs is 1. The van der Waals surface area contributed by atoms with Gasteiger partial charge in [-0.3, -0.25) is 0 Å². The molecule has 0 radical (unpaired) electrons. The minimum atomic E-state index is -3.48. The van der Waals surface area contributed by atoms with E-state index in [0.29, 0.717) is 5.65 Å². The van der Waals surface area contributed by atoms with Crippen molar-refractivity contribution in [3.8, 4) is 0 Å². The summed E-state index contributed by atoms with van der Waals surface area (Å²) in [5, 5.41) is 3.74. The Morgan fingerprint density at radius 2 is 2.00 bits per heavy atom. The molecule has 0 aliphatic rings. The molecule has 0 saturated carbocycles. The highest BCUT2D eigenvalue weighted by molar-refractivity contribution is 7.90. The number of hydrogen-bond acceptors (Lipinski definition) is 5. The van der Waals surface area contributed by atoms with Crippen LogP contribution in [0.25, 0.3) is 5.65 Å². The second kappa shape index (κ2) is 3.92. The Bertz CT molecular complexity index is 678. The van der Waals surface area contributed by atoms with Crippen LogP contribution in [0.2, 0.25) is 5.28 Å². The quantitative estimate of drug-likeness (QED) is 0.825. The van der Waals surface area contributed by atoms with Gasteiger partial charge in [0, 0.05) is 11.8 Å². The van der Waals surface area contributed by atoms with E-state index in [4.69, 9.17) is 11.6 Å². The third-order valence-electron chi connectivity index (χ3n) is 2.29. The van der Waals surface area contributed by atoms with Crippen LogP contribution >= 0.6 is 11.6 Å². The van der Waals surface area contributed by atoms with E-state index in [1.165, 1.54) is 4.52 Å². The molecule has 0 unspecified atom stereocenters. The topological polar surface area (TPSA) is 77.2 Å². The highest BCUT2D eigenvalue weighted by atomic mass is 35.5. The first-order valence-corrected chi connectivity index (χ1v) is 7.19. The molecular formula is C9H11ClN4O2S. The molecule has 2 aromatic heterocycles. The average Bonchev–Trinajstić information content (AvgIpc) is 2.60. The molecule has 0 bridgehead atoms. The molecule has 17 heavy (non-hydrogen) atoms. The summed E-state index contributed by atoms with van der Waals surface area (Å²) in [7, 11) is -3.48. The van der Waals surface area contributed by atoms with E-state index in [1.54, 1.807) is 6.20 Å². The number of halogens is 1. The van der Waals surface area contributed by atoms with Crippen molar-refractivity contribution in [1.29, 1.82) is 0 Å². The van der Waals surface area contributed by atoms with E-state index in [2.05, 4.69) is 15.1 Å². The van der Waals surface area contributed by atoms with Crippen molar-refractivity contribution in [2.45, 2.75) is 24.9 Å². The van der Waals surface area contributed by atoms with Crippen LogP contribution in [0.5, 0.6) is 0 Å². The molecular weight excluding hydrogens is 264 g/mol. The SMILES string of the molecule is CC(C)c1cnn2c(Cl)nc(S(C)(=O)=O)nc12. The minimum absolute atomic E-state index is 0.0117. The van der Waals surface area contributed by atoms with Crippen molar-refractivity contribution in [2.24, 2.45) is 0 Å². The first-order valence-electron chi connectivity index (χ1n) is 4.92. The molecule has 0 spiro atoms. The van der Waals surface area contributed by atoms with Crippen molar-refractivity contribution >= 4 is 27.1 Å². The van der Waals surface area contributed by atoms with E-state index in [1.807, 2.05) is 13.8 Å². The lowest BCUT2D eigenvalue weighted by molar-refractivity contribution is 0.591. The summed E-state index contributed by atoms with van der Waals surface area (Å²) in [5.41, 5.74) is 1.26. The van der Waals surface area contributed by atoms with Crippen molar-refractivity contribution in [3.05, 3.63) is 17.0 Å². The van der Waals surface area contributed by atoms with Gasteiger partial charge in [-0.25, -0.2) is 8.42 Å². The van der Waals surface area contributed by atoms with E-state index in [-0.39, 0.29) is 16.4 Å². The molecule has 2 rings (SSSR count). The molecule has 92 valence electrons. The lowest BCUT2D eigenvalue weighted by Crippen LogP contribution is -2.08. The van der Waals surface area contributed by atoms with E-state index >= 15 is 0 Å². The van der Waals surface area contributed by atoms with Crippen molar-refractivity contribution in [1.82, 2.24) is 19.6 Å². The highest BCUT2D eigenvalue weighted by Crippen LogP contribution is 2.21. The van der Waals surface area contributed by atoms with Crippen LogP contribution in [0.15, 0.2) is 11.4 Å². The standard InChI is InChI=1S/C9H11ClN4O2S/c1-5(2)6-4-11-14-7(6)12-9(13-8(14)10)17(3,15)16/h4-5H,1-3H3. The molecule has 8 heteroatoms. The Morgan fingerprint density at radius 3 is 2.53 bits per heavy atom. The van der Waals surface area contributed by atoms with E-state index in [9.17, 15) is 8.42 Å². The molecule has 0 N–H and O–H groups in total. The maximum absolute atomic E-state index is 11.4. The third-order valence-corrected chi connectivity index (χ3v) is 3.38. The van der Waals surface area contributed by atoms with Gasteiger partial charge in [0.15, 0.2) is 5.65 Å². The Balaban J connectivity index is 2.83. The second-order valence-corrected chi connectivity index (χ2v) is 6.28. The molecule has 0 aromatic carbocycles. The minimum Gasteiger partial charge on any atom is -0.221 e. The first-order chi connectivity index (χ1) is 7.80. The van der Waals surface area contributed by atoms with Crippen LogP contribution in [-0.4, -0.2) is 34.3 Å². The summed E-state index contributed by atoms with van der Waals surface area (Å²) in [4.78, 5) is 7.72. The number of hydrogen-bond donors (Lipinski definition) is 0. The van der Waals surface area contributed by atoms with Gasteiger partial charge in [0.25, 0.3) is 5.16 Å². The summed E-state index contributed by atoms with van der Waals surface area (Å²) >= 11 is 5.87. The molecule has 0 aliphatic heterocycles. The summed E-state index contributed by atoms with van der Waals surface area (Å²) in [5.74, 6) is 0.172. The third kappa shape index (κ3) is 2.12. The summed E-state index contributed by atoms with van der Waals surface area (Å²) in [6.45, 7) is 3.93. The summed E-state index contributed by atoms with van der Waals surface area (Å²) < 4.78 is 24.2. The van der Waals surface area contributed by atoms with Gasteiger partial charge < -0.3 is 0 Å². The van der Waals surface area contributed by atoms with Gasteiger partial charge in [-0.15, -0.1) is 0 Å². The van der Waals surface area contributed by atoms with Gasteiger partial charge in [-0.1, -0.05) is 13.8 Å². The number of sulfone groups is 1. The Hall–Kier alpha value is -1.21. The Kier molecular flexibility index (Phi) is 2.82. The van der Waals surface area contributed by atoms with Gasteiger partial charge in [-0.2, -0.15) is 19.6 Å². The molecule has 0 fully saturated rings. The van der Waals surface area contributed by atoms with Crippen LogP contribution in [0.4, 0.5) is 0 Å². The average molecular weight is 275 g/mol. The zero-order valence-corrected chi connectivity index (χ0v) is 11.1. The normalized spacial score (nSPS) is 12.5. The fraction of sp³-hybridized carbons (Fsp3) is 0.444. The van der Waals surface area contributed by atoms with Crippen LogP contribution in [-0.2, 0) is 9.84 Å². The molecule has 2 heterocycles. The van der Waals surface area contributed by atoms with Crippen molar-refractivity contribution in [2.75, 3.05) is 6.26 Å². The van der Waals surface area contributed by atoms with Crippen LogP contribution in [0.1, 0.15) is 25.3 Å². The van der Waals surface area contributed by atoms with Gasteiger partial charge in [0.2, 0.25) is 15.1 Å². The molecule has 0 aliphatic carbocycles. The fourth-order valence-corrected chi connectivity index (χ4v) is 2.18. The molecule has 0 saturated heterocycles. The lowest BCUT2D eigenvalue weighted by Gasteiger charge is -2.03. The van der Waals surface area contributed by atoms with Crippen molar-refractivity contribution in [3.63, 3.8) is 0 Å². The fourth-order valence-electron chi connectivity index (χ4n) is 1.42.